The number of ether oxygens (including phenoxy) is 2. The Labute approximate surface area is 180 Å². The minimum atomic E-state index is -0.905. The van der Waals surface area contributed by atoms with E-state index in [9.17, 15) is 14.4 Å². The van der Waals surface area contributed by atoms with Crippen LogP contribution in [0.1, 0.15) is 16.7 Å². The molecule has 2 N–H and O–H groups in total. The molecule has 0 saturated carbocycles. The van der Waals surface area contributed by atoms with Gasteiger partial charge in [0.15, 0.2) is 6.61 Å². The molecule has 0 spiro atoms. The molecule has 0 aliphatic heterocycles. The molecule has 1 heterocycles. The van der Waals surface area contributed by atoms with Gasteiger partial charge >= 0.3 is 11.9 Å². The number of esters is 2. The summed E-state index contributed by atoms with van der Waals surface area (Å²) in [5, 5.41) is 3.54. The van der Waals surface area contributed by atoms with Crippen LogP contribution in [0.5, 0.6) is 0 Å². The number of aryl methyl sites for hydroxylation is 1. The van der Waals surface area contributed by atoms with Gasteiger partial charge in [0.05, 0.1) is 7.11 Å². The quantitative estimate of drug-likeness (QED) is 0.431. The number of hydrogen-bond donors (Lipinski definition) is 2. The van der Waals surface area contributed by atoms with Crippen LogP contribution in [-0.4, -0.2) is 42.6 Å². The second kappa shape index (κ2) is 10.2. The van der Waals surface area contributed by atoms with Crippen LogP contribution in [0, 0.1) is 6.92 Å². The molecule has 0 unspecified atom stereocenters. The van der Waals surface area contributed by atoms with Crippen molar-refractivity contribution in [3.63, 3.8) is 0 Å². The first kappa shape index (κ1) is 21.8. The standard InChI is InChI=1S/C24H24N2O5/c1-16-7-3-4-8-17(16)11-12-23(28)31-15-22(27)26-21(24(29)30-2)13-18-14-25-20-10-6-5-9-19(18)20/h3-12,14,21,25H,13,15H2,1-2H3,(H,26,27)/b12-11+/t21-/m1/s1. The van der Waals surface area contributed by atoms with Gasteiger partial charge in [0, 0.05) is 29.6 Å². The Morgan fingerprint density at radius 3 is 2.61 bits per heavy atom. The first-order valence-corrected chi connectivity index (χ1v) is 9.80. The molecule has 0 fully saturated rings. The predicted octanol–water partition coefficient (Wildman–Crippen LogP) is 2.93. The van der Waals surface area contributed by atoms with Gasteiger partial charge in [0.2, 0.25) is 0 Å². The molecule has 7 nitrogen and oxygen atoms in total. The monoisotopic (exact) mass is 420 g/mol. The Bertz CT molecular complexity index is 1120. The van der Waals surface area contributed by atoms with E-state index in [0.29, 0.717) is 0 Å². The first-order valence-electron chi connectivity index (χ1n) is 9.80. The zero-order valence-electron chi connectivity index (χ0n) is 17.4. The van der Waals surface area contributed by atoms with Crippen LogP contribution in [0.4, 0.5) is 0 Å². The molecule has 0 aliphatic rings. The largest absolute Gasteiger partial charge is 0.467 e. The third-order valence-electron chi connectivity index (χ3n) is 4.85. The summed E-state index contributed by atoms with van der Waals surface area (Å²) in [6.07, 6.45) is 4.93. The minimum Gasteiger partial charge on any atom is -0.467 e. The van der Waals surface area contributed by atoms with Crippen LogP contribution in [-0.2, 0) is 30.3 Å². The van der Waals surface area contributed by atoms with E-state index in [4.69, 9.17) is 9.47 Å². The molecule has 7 heteroatoms. The second-order valence-corrected chi connectivity index (χ2v) is 7.00. The normalized spacial score (nSPS) is 11.9. The Hall–Kier alpha value is -3.87. The number of carbonyl (C=O) groups excluding carboxylic acids is 3. The molecule has 1 atom stereocenters. The van der Waals surface area contributed by atoms with Gasteiger partial charge in [-0.2, -0.15) is 0 Å². The molecular formula is C24H24N2O5. The summed E-state index contributed by atoms with van der Waals surface area (Å²) in [5.74, 6) is -1.82. The number of aromatic nitrogens is 1. The predicted molar refractivity (Wildman–Crippen MR) is 117 cm³/mol. The molecular weight excluding hydrogens is 396 g/mol. The van der Waals surface area contributed by atoms with E-state index in [1.807, 2.05) is 55.5 Å². The van der Waals surface area contributed by atoms with Crippen LogP contribution in [0.3, 0.4) is 0 Å². The van der Waals surface area contributed by atoms with Crippen LogP contribution >= 0.6 is 0 Å². The number of rotatable bonds is 8. The Morgan fingerprint density at radius 1 is 1.10 bits per heavy atom. The van der Waals surface area contributed by atoms with Crippen LogP contribution in [0.2, 0.25) is 0 Å². The Balaban J connectivity index is 1.57. The fourth-order valence-corrected chi connectivity index (χ4v) is 3.21. The van der Waals surface area contributed by atoms with Crippen molar-refractivity contribution in [2.45, 2.75) is 19.4 Å². The average molecular weight is 420 g/mol. The summed E-state index contributed by atoms with van der Waals surface area (Å²) in [4.78, 5) is 39.5. The van der Waals surface area contributed by atoms with Gasteiger partial charge in [-0.15, -0.1) is 0 Å². The number of nitrogens with one attached hydrogen (secondary N) is 2. The topological polar surface area (TPSA) is 97.5 Å². The molecule has 3 rings (SSSR count). The number of aromatic amines is 1. The molecule has 0 aliphatic carbocycles. The van der Waals surface area contributed by atoms with Crippen molar-refractivity contribution < 1.29 is 23.9 Å². The van der Waals surface area contributed by atoms with Crippen molar-refractivity contribution in [1.82, 2.24) is 10.3 Å². The van der Waals surface area contributed by atoms with Gasteiger partial charge in [0.1, 0.15) is 6.04 Å². The van der Waals surface area contributed by atoms with E-state index in [0.717, 1.165) is 27.6 Å². The summed E-state index contributed by atoms with van der Waals surface area (Å²) >= 11 is 0. The molecule has 31 heavy (non-hydrogen) atoms. The van der Waals surface area contributed by atoms with Gasteiger partial charge in [-0.3, -0.25) is 4.79 Å². The average Bonchev–Trinajstić information content (AvgIpc) is 3.19. The van der Waals surface area contributed by atoms with Gasteiger partial charge in [-0.1, -0.05) is 42.5 Å². The van der Waals surface area contributed by atoms with Gasteiger partial charge < -0.3 is 19.8 Å². The lowest BCUT2D eigenvalue weighted by Gasteiger charge is -2.16. The van der Waals surface area contributed by atoms with Crippen LogP contribution in [0.25, 0.3) is 17.0 Å². The summed E-state index contributed by atoms with van der Waals surface area (Å²) in [6.45, 7) is 1.43. The lowest BCUT2D eigenvalue weighted by molar-refractivity contribution is -0.147. The number of H-pyrrole nitrogens is 1. The number of hydrogen-bond acceptors (Lipinski definition) is 5. The summed E-state index contributed by atoms with van der Waals surface area (Å²) in [6, 6.07) is 14.3. The molecule has 0 radical (unpaired) electrons. The molecule has 1 amide bonds. The van der Waals surface area contributed by atoms with Crippen molar-refractivity contribution in [3.05, 3.63) is 77.5 Å². The van der Waals surface area contributed by atoms with E-state index in [2.05, 4.69) is 10.3 Å². The molecule has 0 bridgehead atoms. The van der Waals surface area contributed by atoms with E-state index >= 15 is 0 Å². The minimum absolute atomic E-state index is 0.240. The maximum Gasteiger partial charge on any atom is 0.331 e. The number of benzene rings is 2. The summed E-state index contributed by atoms with van der Waals surface area (Å²) in [5.41, 5.74) is 3.70. The van der Waals surface area contributed by atoms with Crippen molar-refractivity contribution >= 4 is 34.8 Å². The maximum absolute atomic E-state index is 12.3. The van der Waals surface area contributed by atoms with Crippen molar-refractivity contribution in [3.8, 4) is 0 Å². The highest BCUT2D eigenvalue weighted by atomic mass is 16.5. The fourth-order valence-electron chi connectivity index (χ4n) is 3.21. The van der Waals surface area contributed by atoms with E-state index < -0.39 is 30.5 Å². The zero-order valence-corrected chi connectivity index (χ0v) is 17.4. The molecule has 2 aromatic carbocycles. The number of methoxy groups -OCH3 is 1. The number of amides is 1. The summed E-state index contributed by atoms with van der Waals surface area (Å²) < 4.78 is 9.80. The molecule has 3 aromatic rings. The third-order valence-corrected chi connectivity index (χ3v) is 4.85. The van der Waals surface area contributed by atoms with Crippen molar-refractivity contribution in [2.75, 3.05) is 13.7 Å². The maximum atomic E-state index is 12.3. The van der Waals surface area contributed by atoms with Crippen molar-refractivity contribution in [2.24, 2.45) is 0 Å². The Morgan fingerprint density at radius 2 is 1.84 bits per heavy atom. The highest BCUT2D eigenvalue weighted by Gasteiger charge is 2.23. The molecule has 1 aromatic heterocycles. The van der Waals surface area contributed by atoms with Crippen molar-refractivity contribution in [1.29, 1.82) is 0 Å². The second-order valence-electron chi connectivity index (χ2n) is 7.00. The fraction of sp³-hybridized carbons (Fsp3) is 0.208. The third kappa shape index (κ3) is 5.82. The number of fused-ring (bicyclic) bond motifs is 1. The van der Waals surface area contributed by atoms with Crippen LogP contribution < -0.4 is 5.32 Å². The smallest absolute Gasteiger partial charge is 0.331 e. The van der Waals surface area contributed by atoms with E-state index in [1.165, 1.54) is 13.2 Å². The van der Waals surface area contributed by atoms with E-state index in [1.54, 1.807) is 12.3 Å². The lowest BCUT2D eigenvalue weighted by Crippen LogP contribution is -2.44. The van der Waals surface area contributed by atoms with E-state index in [-0.39, 0.29) is 6.42 Å². The van der Waals surface area contributed by atoms with Crippen LogP contribution in [0.15, 0.2) is 60.8 Å². The van der Waals surface area contributed by atoms with Gasteiger partial charge in [-0.05, 0) is 35.8 Å². The first-order chi connectivity index (χ1) is 15.0. The zero-order chi connectivity index (χ0) is 22.2. The number of carbonyl (C=O) groups is 3. The van der Waals surface area contributed by atoms with Gasteiger partial charge in [-0.25, -0.2) is 9.59 Å². The SMILES string of the molecule is COC(=O)[C@@H](Cc1c[nH]c2ccccc12)NC(=O)COC(=O)/C=C/c1ccccc1C. The lowest BCUT2D eigenvalue weighted by atomic mass is 10.0. The number of para-hydroxylation sites is 1. The Kier molecular flexibility index (Phi) is 7.22. The molecule has 160 valence electrons. The highest BCUT2D eigenvalue weighted by molar-refractivity contribution is 5.91. The molecule has 0 saturated heterocycles. The highest BCUT2D eigenvalue weighted by Crippen LogP contribution is 2.19. The summed E-state index contributed by atoms with van der Waals surface area (Å²) in [7, 11) is 1.26. The van der Waals surface area contributed by atoms with Gasteiger partial charge in [0.25, 0.3) is 5.91 Å².